The number of hydrogen-bond donors (Lipinski definition) is 0. The normalized spacial score (nSPS) is 17.2. The summed E-state index contributed by atoms with van der Waals surface area (Å²) in [5.74, 6) is 1.79. The predicted octanol–water partition coefficient (Wildman–Crippen LogP) is 3.20. The Morgan fingerprint density at radius 1 is 1.05 bits per heavy atom. The molecule has 0 radical (unpaired) electrons. The molecule has 3 nitrogen and oxygen atoms in total. The van der Waals surface area contributed by atoms with Crippen LogP contribution in [0.5, 0.6) is 11.5 Å². The molecule has 0 aliphatic carbocycles. The molecule has 1 atom stereocenters. The summed E-state index contributed by atoms with van der Waals surface area (Å²) in [5, 5.41) is 0. The summed E-state index contributed by atoms with van der Waals surface area (Å²) in [5.41, 5.74) is 2.18. The summed E-state index contributed by atoms with van der Waals surface area (Å²) in [6.45, 7) is 2.04. The van der Waals surface area contributed by atoms with Crippen LogP contribution < -0.4 is 9.47 Å². The Morgan fingerprint density at radius 2 is 1.79 bits per heavy atom. The molecule has 1 heterocycles. The lowest BCUT2D eigenvalue weighted by Gasteiger charge is -2.19. The van der Waals surface area contributed by atoms with Crippen molar-refractivity contribution in [1.82, 2.24) is 0 Å². The highest BCUT2D eigenvalue weighted by Crippen LogP contribution is 2.26. The molecule has 0 saturated heterocycles. The van der Waals surface area contributed by atoms with Gasteiger partial charge < -0.3 is 9.47 Å². The standard InChI is InChI=1S/C16H16NO2/c1-12-17(14-7-9-15(18-2)10-8-14)11-13-5-3-4-6-16(13)19-12/h3-12H,1-2H3/q+1. The first-order valence-electron chi connectivity index (χ1n) is 6.31. The van der Waals surface area contributed by atoms with Gasteiger partial charge in [-0.2, -0.15) is 4.58 Å². The number of hydrogen-bond acceptors (Lipinski definition) is 2. The van der Waals surface area contributed by atoms with Crippen LogP contribution in [0.15, 0.2) is 48.5 Å². The molecular formula is C16H16NO2+. The number of rotatable bonds is 2. The van der Waals surface area contributed by atoms with E-state index in [1.54, 1.807) is 7.11 Å². The molecule has 2 aromatic rings. The minimum absolute atomic E-state index is 0.0247. The lowest BCUT2D eigenvalue weighted by atomic mass is 10.2. The number of methoxy groups -OCH3 is 1. The van der Waals surface area contributed by atoms with Gasteiger partial charge in [0.15, 0.2) is 6.21 Å². The van der Waals surface area contributed by atoms with Crippen molar-refractivity contribution < 1.29 is 14.0 Å². The Hall–Kier alpha value is -2.29. The lowest BCUT2D eigenvalue weighted by Crippen LogP contribution is -2.30. The summed E-state index contributed by atoms with van der Waals surface area (Å²) >= 11 is 0. The molecule has 96 valence electrons. The van der Waals surface area contributed by atoms with Crippen LogP contribution in [0.25, 0.3) is 0 Å². The molecule has 0 spiro atoms. The monoisotopic (exact) mass is 254 g/mol. The number of nitrogens with zero attached hydrogens (tertiary/aromatic N) is 1. The quantitative estimate of drug-likeness (QED) is 0.768. The van der Waals surface area contributed by atoms with Crippen molar-refractivity contribution in [1.29, 1.82) is 0 Å². The van der Waals surface area contributed by atoms with Crippen LogP contribution >= 0.6 is 0 Å². The van der Waals surface area contributed by atoms with Gasteiger partial charge in [0.05, 0.1) is 12.7 Å². The molecule has 0 saturated carbocycles. The van der Waals surface area contributed by atoms with Gasteiger partial charge in [0.25, 0.3) is 6.23 Å². The number of fused-ring (bicyclic) bond motifs is 1. The molecule has 2 aromatic carbocycles. The van der Waals surface area contributed by atoms with Crippen molar-refractivity contribution in [2.75, 3.05) is 7.11 Å². The van der Waals surface area contributed by atoms with Crippen LogP contribution in [0.3, 0.4) is 0 Å². The van der Waals surface area contributed by atoms with Gasteiger partial charge >= 0.3 is 0 Å². The van der Waals surface area contributed by atoms with E-state index in [0.29, 0.717) is 0 Å². The van der Waals surface area contributed by atoms with Gasteiger partial charge in [-0.25, -0.2) is 0 Å². The molecule has 0 aromatic heterocycles. The second kappa shape index (κ2) is 4.76. The third kappa shape index (κ3) is 2.19. The van der Waals surface area contributed by atoms with E-state index in [4.69, 9.17) is 9.47 Å². The van der Waals surface area contributed by atoms with Gasteiger partial charge in [-0.3, -0.25) is 0 Å². The summed E-state index contributed by atoms with van der Waals surface area (Å²) in [7, 11) is 1.67. The first-order valence-corrected chi connectivity index (χ1v) is 6.31. The van der Waals surface area contributed by atoms with E-state index in [0.717, 1.165) is 22.7 Å². The predicted molar refractivity (Wildman–Crippen MR) is 74.6 cm³/mol. The highest BCUT2D eigenvalue weighted by Gasteiger charge is 2.26. The molecule has 0 amide bonds. The average Bonchev–Trinajstić information content (AvgIpc) is 2.47. The highest BCUT2D eigenvalue weighted by atomic mass is 16.5. The summed E-state index contributed by atoms with van der Waals surface area (Å²) in [4.78, 5) is 0. The zero-order valence-corrected chi connectivity index (χ0v) is 11.0. The van der Waals surface area contributed by atoms with Gasteiger partial charge in [0.2, 0.25) is 5.69 Å². The molecule has 3 rings (SSSR count). The molecule has 1 aliphatic heterocycles. The largest absolute Gasteiger partial charge is 0.497 e. The zero-order chi connectivity index (χ0) is 13.2. The van der Waals surface area contributed by atoms with Gasteiger partial charge in [0, 0.05) is 19.1 Å². The number of benzene rings is 2. The molecule has 3 heteroatoms. The number of ether oxygens (including phenoxy) is 2. The summed E-state index contributed by atoms with van der Waals surface area (Å²) in [6, 6.07) is 16.0. The Morgan fingerprint density at radius 3 is 2.53 bits per heavy atom. The third-order valence-electron chi connectivity index (χ3n) is 3.26. The Labute approximate surface area is 112 Å². The SMILES string of the molecule is COc1ccc([N+]2=Cc3ccccc3OC2C)cc1. The molecule has 0 fully saturated rings. The highest BCUT2D eigenvalue weighted by molar-refractivity contribution is 5.81. The maximum absolute atomic E-state index is 5.92. The average molecular weight is 254 g/mol. The smallest absolute Gasteiger partial charge is 0.299 e. The van der Waals surface area contributed by atoms with Crippen molar-refractivity contribution in [3.05, 3.63) is 54.1 Å². The van der Waals surface area contributed by atoms with E-state index in [1.807, 2.05) is 49.4 Å². The first kappa shape index (κ1) is 11.8. The van der Waals surface area contributed by atoms with Gasteiger partial charge in [-0.05, 0) is 24.3 Å². The van der Waals surface area contributed by atoms with Crippen molar-refractivity contribution in [2.24, 2.45) is 0 Å². The second-order valence-electron chi connectivity index (χ2n) is 4.49. The van der Waals surface area contributed by atoms with Crippen molar-refractivity contribution >= 4 is 11.9 Å². The van der Waals surface area contributed by atoms with Crippen LogP contribution in [0.1, 0.15) is 12.5 Å². The maximum Gasteiger partial charge on any atom is 0.299 e. The molecule has 1 unspecified atom stereocenters. The van der Waals surface area contributed by atoms with E-state index in [-0.39, 0.29) is 6.23 Å². The minimum Gasteiger partial charge on any atom is -0.497 e. The first-order chi connectivity index (χ1) is 9.28. The molecule has 1 aliphatic rings. The summed E-state index contributed by atoms with van der Waals surface area (Å²) < 4.78 is 13.2. The minimum atomic E-state index is -0.0247. The van der Waals surface area contributed by atoms with Gasteiger partial charge in [-0.1, -0.05) is 12.1 Å². The van der Waals surface area contributed by atoms with Gasteiger partial charge in [0.1, 0.15) is 11.5 Å². The fourth-order valence-electron chi connectivity index (χ4n) is 2.23. The third-order valence-corrected chi connectivity index (χ3v) is 3.26. The Bertz CT molecular complexity index is 617. The molecule has 0 bridgehead atoms. The van der Waals surface area contributed by atoms with Crippen LogP contribution in [-0.2, 0) is 0 Å². The van der Waals surface area contributed by atoms with Crippen LogP contribution in [0.2, 0.25) is 0 Å². The van der Waals surface area contributed by atoms with E-state index in [9.17, 15) is 0 Å². The fraction of sp³-hybridized carbons (Fsp3) is 0.188. The fourth-order valence-corrected chi connectivity index (χ4v) is 2.23. The van der Waals surface area contributed by atoms with Crippen LogP contribution in [0.4, 0.5) is 5.69 Å². The van der Waals surface area contributed by atoms with E-state index in [1.165, 1.54) is 0 Å². The van der Waals surface area contributed by atoms with Gasteiger partial charge in [-0.15, -0.1) is 0 Å². The Kier molecular flexibility index (Phi) is 2.95. The van der Waals surface area contributed by atoms with E-state index < -0.39 is 0 Å². The van der Waals surface area contributed by atoms with Crippen LogP contribution in [0, 0.1) is 0 Å². The molecule has 19 heavy (non-hydrogen) atoms. The van der Waals surface area contributed by atoms with Crippen molar-refractivity contribution in [3.8, 4) is 11.5 Å². The maximum atomic E-state index is 5.92. The van der Waals surface area contributed by atoms with Crippen molar-refractivity contribution in [3.63, 3.8) is 0 Å². The molecule has 0 N–H and O–H groups in total. The zero-order valence-electron chi connectivity index (χ0n) is 11.0. The molecular weight excluding hydrogens is 238 g/mol. The van der Waals surface area contributed by atoms with Crippen molar-refractivity contribution in [2.45, 2.75) is 13.2 Å². The van der Waals surface area contributed by atoms with E-state index in [2.05, 4.69) is 16.9 Å². The van der Waals surface area contributed by atoms with Crippen LogP contribution in [-0.4, -0.2) is 24.1 Å². The second-order valence-corrected chi connectivity index (χ2v) is 4.49. The van der Waals surface area contributed by atoms with E-state index >= 15 is 0 Å². The lowest BCUT2D eigenvalue weighted by molar-refractivity contribution is -0.522. The Balaban J connectivity index is 2.01. The number of para-hydroxylation sites is 1. The summed E-state index contributed by atoms with van der Waals surface area (Å²) in [6.07, 6.45) is 2.09. The topological polar surface area (TPSA) is 21.5 Å².